The maximum Gasteiger partial charge on any atom is 0.172 e. The predicted octanol–water partition coefficient (Wildman–Crippen LogP) is 4.82. The average Bonchev–Trinajstić information content (AvgIpc) is 3.20. The zero-order valence-electron chi connectivity index (χ0n) is 16.5. The molecule has 0 amide bonds. The van der Waals surface area contributed by atoms with Crippen molar-refractivity contribution in [3.63, 3.8) is 0 Å². The van der Waals surface area contributed by atoms with Crippen molar-refractivity contribution < 1.29 is 14.3 Å². The number of carbonyl (C=O) groups excluding carboxylic acids is 1. The Kier molecular flexibility index (Phi) is 3.66. The first-order valence-corrected chi connectivity index (χ1v) is 10.6. The molecule has 1 aliphatic heterocycles. The van der Waals surface area contributed by atoms with E-state index in [9.17, 15) is 4.79 Å². The molecule has 1 saturated heterocycles. The van der Waals surface area contributed by atoms with Crippen LogP contribution in [0.4, 0.5) is 0 Å². The number of rotatable bonds is 1. The Morgan fingerprint density at radius 2 is 1.77 bits per heavy atom. The Labute approximate surface area is 157 Å². The van der Waals surface area contributed by atoms with Gasteiger partial charge in [0.25, 0.3) is 0 Å². The highest BCUT2D eigenvalue weighted by Crippen LogP contribution is 2.65. The van der Waals surface area contributed by atoms with Crippen LogP contribution < -0.4 is 0 Å². The minimum atomic E-state index is -0.340. The molecule has 0 N–H and O–H groups in total. The highest BCUT2D eigenvalue weighted by Gasteiger charge is 2.58. The van der Waals surface area contributed by atoms with Gasteiger partial charge in [0.05, 0.1) is 13.2 Å². The summed E-state index contributed by atoms with van der Waals surface area (Å²) in [6.07, 6.45) is 12.6. The van der Waals surface area contributed by atoms with Crippen molar-refractivity contribution in [3.05, 3.63) is 23.3 Å². The summed E-state index contributed by atoms with van der Waals surface area (Å²) in [5.41, 5.74) is 3.62. The number of ketones is 1. The van der Waals surface area contributed by atoms with Gasteiger partial charge in [0.15, 0.2) is 5.79 Å². The van der Waals surface area contributed by atoms with Gasteiger partial charge in [0.1, 0.15) is 5.78 Å². The monoisotopic (exact) mass is 356 g/mol. The summed E-state index contributed by atoms with van der Waals surface area (Å²) in [7, 11) is 0. The summed E-state index contributed by atoms with van der Waals surface area (Å²) in [5, 5.41) is 0. The first-order chi connectivity index (χ1) is 12.4. The fourth-order valence-electron chi connectivity index (χ4n) is 7.36. The summed E-state index contributed by atoms with van der Waals surface area (Å²) >= 11 is 0. The summed E-state index contributed by atoms with van der Waals surface area (Å²) in [4.78, 5) is 12.2. The molecule has 26 heavy (non-hydrogen) atoms. The second-order valence-corrected chi connectivity index (χ2v) is 9.95. The fraction of sp³-hybridized carbons (Fsp3) is 0.783. The summed E-state index contributed by atoms with van der Waals surface area (Å²) in [6.45, 7) is 8.16. The van der Waals surface area contributed by atoms with Gasteiger partial charge in [-0.1, -0.05) is 37.1 Å². The lowest BCUT2D eigenvalue weighted by molar-refractivity contribution is -0.179. The Bertz CT molecular complexity index is 698. The van der Waals surface area contributed by atoms with Crippen LogP contribution in [-0.4, -0.2) is 24.8 Å². The van der Waals surface area contributed by atoms with Gasteiger partial charge in [0, 0.05) is 18.8 Å². The van der Waals surface area contributed by atoms with Crippen LogP contribution in [0.15, 0.2) is 23.3 Å². The molecule has 0 unspecified atom stereocenters. The van der Waals surface area contributed by atoms with Crippen molar-refractivity contribution in [2.24, 2.45) is 28.6 Å². The smallest absolute Gasteiger partial charge is 0.172 e. The molecule has 4 aliphatic carbocycles. The van der Waals surface area contributed by atoms with Crippen LogP contribution in [-0.2, 0) is 14.3 Å². The quantitative estimate of drug-likeness (QED) is 0.676. The van der Waals surface area contributed by atoms with Gasteiger partial charge in [0.2, 0.25) is 0 Å². The number of allylic oxidation sites excluding steroid dienone is 3. The molecule has 5 aliphatic rings. The second kappa shape index (κ2) is 5.54. The number of hydrogen-bond acceptors (Lipinski definition) is 3. The number of fused-ring (bicyclic) bond motifs is 5. The minimum absolute atomic E-state index is 0.184. The van der Waals surface area contributed by atoms with E-state index in [4.69, 9.17) is 9.47 Å². The first kappa shape index (κ1) is 17.2. The molecule has 5 rings (SSSR count). The highest BCUT2D eigenvalue weighted by atomic mass is 16.7. The van der Waals surface area contributed by atoms with Crippen molar-refractivity contribution in [2.75, 3.05) is 13.2 Å². The molecular formula is C23H32O3. The molecule has 3 saturated carbocycles. The molecule has 0 aromatic rings. The third-order valence-corrected chi connectivity index (χ3v) is 8.88. The topological polar surface area (TPSA) is 35.5 Å². The van der Waals surface area contributed by atoms with Gasteiger partial charge in [-0.3, -0.25) is 4.79 Å². The molecule has 3 nitrogen and oxygen atoms in total. The van der Waals surface area contributed by atoms with E-state index in [1.54, 1.807) is 12.5 Å². The van der Waals surface area contributed by atoms with Gasteiger partial charge >= 0.3 is 0 Å². The third-order valence-electron chi connectivity index (χ3n) is 8.88. The van der Waals surface area contributed by atoms with Crippen LogP contribution in [0, 0.1) is 28.6 Å². The van der Waals surface area contributed by atoms with Gasteiger partial charge in [-0.05, 0) is 61.7 Å². The van der Waals surface area contributed by atoms with Crippen molar-refractivity contribution >= 4 is 5.78 Å². The largest absolute Gasteiger partial charge is 0.347 e. The van der Waals surface area contributed by atoms with Crippen LogP contribution in [0.3, 0.4) is 0 Å². The average molecular weight is 357 g/mol. The SMILES string of the molecule is CC(=O)[C@H]1CC[C@H]2C3=CC=C4CC5(CC[C@]4(C)[C@H]3CC[C@]12C)OCCO5. The first-order valence-electron chi connectivity index (χ1n) is 10.6. The number of carbonyl (C=O) groups is 1. The summed E-state index contributed by atoms with van der Waals surface area (Å²) in [5.74, 6) is 1.57. The van der Waals surface area contributed by atoms with E-state index in [0.29, 0.717) is 17.6 Å². The standard InChI is InChI=1S/C23H32O3/c1-15(24)18-6-7-19-17-5-4-16-14-23(25-12-13-26-23)11-10-21(16,2)20(17)8-9-22(18,19)3/h4-5,18-20H,6-14H2,1-3H3/t18-,19+,20+,21+,22-/m1/s1. The molecular weight excluding hydrogens is 324 g/mol. The lowest BCUT2D eigenvalue weighted by Gasteiger charge is -2.55. The van der Waals surface area contributed by atoms with Crippen molar-refractivity contribution in [2.45, 2.75) is 71.5 Å². The van der Waals surface area contributed by atoms with E-state index in [0.717, 1.165) is 38.9 Å². The second-order valence-electron chi connectivity index (χ2n) is 9.95. The predicted molar refractivity (Wildman–Crippen MR) is 100 cm³/mol. The normalized spacial score (nSPS) is 46.2. The molecule has 1 spiro atoms. The van der Waals surface area contributed by atoms with E-state index in [2.05, 4.69) is 26.0 Å². The van der Waals surface area contributed by atoms with Gasteiger partial charge in [-0.2, -0.15) is 0 Å². The van der Waals surface area contributed by atoms with E-state index >= 15 is 0 Å². The maximum atomic E-state index is 12.2. The molecule has 1 heterocycles. The van der Waals surface area contributed by atoms with Crippen molar-refractivity contribution in [3.8, 4) is 0 Å². The summed E-state index contributed by atoms with van der Waals surface area (Å²) in [6, 6.07) is 0. The Morgan fingerprint density at radius 1 is 1.00 bits per heavy atom. The number of hydrogen-bond donors (Lipinski definition) is 0. The zero-order chi connectivity index (χ0) is 18.2. The van der Waals surface area contributed by atoms with Crippen LogP contribution >= 0.6 is 0 Å². The fourth-order valence-corrected chi connectivity index (χ4v) is 7.36. The van der Waals surface area contributed by atoms with Gasteiger partial charge in [-0.25, -0.2) is 0 Å². The Balaban J connectivity index is 1.49. The molecule has 4 fully saturated rings. The van der Waals surface area contributed by atoms with Gasteiger partial charge in [-0.15, -0.1) is 0 Å². The zero-order valence-corrected chi connectivity index (χ0v) is 16.5. The van der Waals surface area contributed by atoms with Crippen LogP contribution in [0.1, 0.15) is 65.7 Å². The van der Waals surface area contributed by atoms with E-state index in [1.165, 1.54) is 24.8 Å². The lowest BCUT2D eigenvalue weighted by atomic mass is 9.50. The Morgan fingerprint density at radius 3 is 2.50 bits per heavy atom. The van der Waals surface area contributed by atoms with Gasteiger partial charge < -0.3 is 9.47 Å². The molecule has 0 radical (unpaired) electrons. The molecule has 0 aromatic heterocycles. The number of Topliss-reactive ketones (excluding diaryl/α,β-unsaturated/α-hetero) is 1. The van der Waals surface area contributed by atoms with Crippen molar-refractivity contribution in [1.29, 1.82) is 0 Å². The maximum absolute atomic E-state index is 12.2. The van der Waals surface area contributed by atoms with Crippen LogP contribution in [0.25, 0.3) is 0 Å². The van der Waals surface area contributed by atoms with E-state index in [1.807, 2.05) is 0 Å². The van der Waals surface area contributed by atoms with Crippen LogP contribution in [0.2, 0.25) is 0 Å². The van der Waals surface area contributed by atoms with Crippen molar-refractivity contribution in [1.82, 2.24) is 0 Å². The lowest BCUT2D eigenvalue weighted by Crippen LogP contribution is -2.49. The molecule has 0 bridgehead atoms. The third kappa shape index (κ3) is 2.16. The highest BCUT2D eigenvalue weighted by molar-refractivity contribution is 5.79. The van der Waals surface area contributed by atoms with Crippen LogP contribution in [0.5, 0.6) is 0 Å². The molecule has 0 aromatic carbocycles. The molecule has 142 valence electrons. The minimum Gasteiger partial charge on any atom is -0.347 e. The van der Waals surface area contributed by atoms with E-state index < -0.39 is 0 Å². The molecule has 3 heteroatoms. The molecule has 5 atom stereocenters. The summed E-state index contributed by atoms with van der Waals surface area (Å²) < 4.78 is 12.0. The van der Waals surface area contributed by atoms with E-state index in [-0.39, 0.29) is 22.5 Å². The Hall–Kier alpha value is -0.930. The number of ether oxygens (including phenoxy) is 2.